The molecule has 128 valence electrons. The van der Waals surface area contributed by atoms with Gasteiger partial charge in [-0.2, -0.15) is 5.10 Å². The van der Waals surface area contributed by atoms with E-state index in [0.717, 1.165) is 12.0 Å². The second kappa shape index (κ2) is 7.75. The molecule has 2 aromatic rings. The van der Waals surface area contributed by atoms with Crippen LogP contribution in [0.3, 0.4) is 0 Å². The summed E-state index contributed by atoms with van der Waals surface area (Å²) in [5.74, 6) is -0.299. The number of hydrazone groups is 1. The quantitative estimate of drug-likeness (QED) is 0.913. The highest BCUT2D eigenvalue weighted by Gasteiger charge is 2.25. The third-order valence-corrected chi connectivity index (χ3v) is 4.08. The molecular formula is C20H21N3O2. The van der Waals surface area contributed by atoms with Gasteiger partial charge in [-0.1, -0.05) is 42.5 Å². The number of benzene rings is 2. The molecule has 2 amide bonds. The highest BCUT2D eigenvalue weighted by atomic mass is 16.2. The first-order valence-corrected chi connectivity index (χ1v) is 8.43. The zero-order chi connectivity index (χ0) is 17.6. The van der Waals surface area contributed by atoms with Crippen LogP contribution in [0.2, 0.25) is 0 Å². The van der Waals surface area contributed by atoms with E-state index in [9.17, 15) is 9.59 Å². The molecule has 0 unspecified atom stereocenters. The number of hydrogen-bond acceptors (Lipinski definition) is 3. The summed E-state index contributed by atoms with van der Waals surface area (Å²) in [6.45, 7) is 2.50. The molecule has 0 bridgehead atoms. The molecule has 1 aliphatic heterocycles. The number of amides is 2. The van der Waals surface area contributed by atoms with Crippen LogP contribution in [0.1, 0.15) is 24.0 Å². The van der Waals surface area contributed by atoms with E-state index in [-0.39, 0.29) is 11.8 Å². The van der Waals surface area contributed by atoms with Crippen LogP contribution in [-0.4, -0.2) is 24.1 Å². The minimum absolute atomic E-state index is 0.0913. The van der Waals surface area contributed by atoms with Crippen molar-refractivity contribution in [2.45, 2.75) is 26.2 Å². The standard InChI is InChI=1S/C20H21N3O2/c1-15-6-5-9-17(14-15)23-19(24)11-10-18(22-23)20(25)21-13-12-16-7-3-2-4-8-16/h2-9,14H,10-13H2,1H3,(H,21,25). The summed E-state index contributed by atoms with van der Waals surface area (Å²) in [7, 11) is 0. The van der Waals surface area contributed by atoms with Crippen molar-refractivity contribution in [2.75, 3.05) is 11.6 Å². The van der Waals surface area contributed by atoms with Crippen LogP contribution >= 0.6 is 0 Å². The van der Waals surface area contributed by atoms with E-state index in [0.29, 0.717) is 30.8 Å². The molecule has 3 rings (SSSR count). The maximum absolute atomic E-state index is 12.4. The van der Waals surface area contributed by atoms with Crippen LogP contribution < -0.4 is 10.3 Å². The maximum atomic E-state index is 12.4. The topological polar surface area (TPSA) is 61.8 Å². The fourth-order valence-electron chi connectivity index (χ4n) is 2.75. The lowest BCUT2D eigenvalue weighted by Gasteiger charge is -2.23. The molecular weight excluding hydrogens is 314 g/mol. The van der Waals surface area contributed by atoms with Crippen molar-refractivity contribution in [3.05, 3.63) is 65.7 Å². The van der Waals surface area contributed by atoms with Crippen LogP contribution in [0.4, 0.5) is 5.69 Å². The molecule has 1 heterocycles. The van der Waals surface area contributed by atoms with E-state index < -0.39 is 0 Å². The molecule has 0 aliphatic carbocycles. The monoisotopic (exact) mass is 335 g/mol. The van der Waals surface area contributed by atoms with Gasteiger partial charge in [0.1, 0.15) is 5.71 Å². The zero-order valence-electron chi connectivity index (χ0n) is 14.2. The van der Waals surface area contributed by atoms with Gasteiger partial charge in [0.2, 0.25) is 5.91 Å². The Morgan fingerprint density at radius 3 is 2.68 bits per heavy atom. The van der Waals surface area contributed by atoms with Crippen LogP contribution in [0.25, 0.3) is 0 Å². The van der Waals surface area contributed by atoms with Crippen molar-refractivity contribution < 1.29 is 9.59 Å². The van der Waals surface area contributed by atoms with E-state index in [2.05, 4.69) is 10.4 Å². The summed E-state index contributed by atoms with van der Waals surface area (Å²) in [6.07, 6.45) is 1.43. The molecule has 0 fully saturated rings. The molecule has 25 heavy (non-hydrogen) atoms. The number of carbonyl (C=O) groups excluding carboxylic acids is 2. The first kappa shape index (κ1) is 16.9. The van der Waals surface area contributed by atoms with E-state index in [1.165, 1.54) is 10.6 Å². The minimum Gasteiger partial charge on any atom is -0.351 e. The van der Waals surface area contributed by atoms with Crippen LogP contribution in [-0.2, 0) is 16.0 Å². The summed E-state index contributed by atoms with van der Waals surface area (Å²) in [4.78, 5) is 24.5. The molecule has 0 saturated heterocycles. The SMILES string of the molecule is Cc1cccc(N2N=C(C(=O)NCCc3ccccc3)CCC2=O)c1. The summed E-state index contributed by atoms with van der Waals surface area (Å²) < 4.78 is 0. The molecule has 1 aliphatic rings. The fourth-order valence-corrected chi connectivity index (χ4v) is 2.75. The van der Waals surface area contributed by atoms with E-state index >= 15 is 0 Å². The molecule has 0 saturated carbocycles. The smallest absolute Gasteiger partial charge is 0.267 e. The Kier molecular flexibility index (Phi) is 5.23. The summed E-state index contributed by atoms with van der Waals surface area (Å²) in [5, 5.41) is 8.52. The van der Waals surface area contributed by atoms with Gasteiger partial charge in [0.25, 0.3) is 5.91 Å². The van der Waals surface area contributed by atoms with Gasteiger partial charge in [0.05, 0.1) is 5.69 Å². The van der Waals surface area contributed by atoms with Gasteiger partial charge in [0.15, 0.2) is 0 Å². The second-order valence-electron chi connectivity index (χ2n) is 6.08. The predicted octanol–water partition coefficient (Wildman–Crippen LogP) is 2.84. The third kappa shape index (κ3) is 4.32. The average Bonchev–Trinajstić information content (AvgIpc) is 2.63. The largest absolute Gasteiger partial charge is 0.351 e. The number of hydrogen-bond donors (Lipinski definition) is 1. The third-order valence-electron chi connectivity index (χ3n) is 4.08. The Balaban J connectivity index is 1.65. The van der Waals surface area contributed by atoms with E-state index in [1.54, 1.807) is 0 Å². The normalized spacial score (nSPS) is 14.2. The van der Waals surface area contributed by atoms with Crippen molar-refractivity contribution in [2.24, 2.45) is 5.10 Å². The Morgan fingerprint density at radius 2 is 1.92 bits per heavy atom. The number of nitrogens with zero attached hydrogens (tertiary/aromatic N) is 2. The van der Waals surface area contributed by atoms with E-state index in [1.807, 2.05) is 61.5 Å². The Labute approximate surface area is 147 Å². The van der Waals surface area contributed by atoms with Crippen molar-refractivity contribution in [1.82, 2.24) is 5.32 Å². The number of carbonyl (C=O) groups is 2. The van der Waals surface area contributed by atoms with Gasteiger partial charge in [-0.15, -0.1) is 0 Å². The highest BCUT2D eigenvalue weighted by molar-refractivity contribution is 6.40. The summed E-state index contributed by atoms with van der Waals surface area (Å²) in [5.41, 5.74) is 3.30. The van der Waals surface area contributed by atoms with Gasteiger partial charge >= 0.3 is 0 Å². The number of nitrogens with one attached hydrogen (secondary N) is 1. The molecule has 1 N–H and O–H groups in total. The maximum Gasteiger partial charge on any atom is 0.267 e. The molecule has 0 radical (unpaired) electrons. The van der Waals surface area contributed by atoms with Gasteiger partial charge in [-0.3, -0.25) is 9.59 Å². The minimum atomic E-state index is -0.207. The number of rotatable bonds is 5. The number of aryl methyl sites for hydroxylation is 1. The van der Waals surface area contributed by atoms with Crippen molar-refractivity contribution in [3.8, 4) is 0 Å². The fraction of sp³-hybridized carbons (Fsp3) is 0.250. The van der Waals surface area contributed by atoms with Gasteiger partial charge in [-0.25, -0.2) is 5.01 Å². The van der Waals surface area contributed by atoms with Gasteiger partial charge < -0.3 is 5.32 Å². The van der Waals surface area contributed by atoms with Crippen molar-refractivity contribution in [1.29, 1.82) is 0 Å². The molecule has 2 aromatic carbocycles. The second-order valence-corrected chi connectivity index (χ2v) is 6.08. The lowest BCUT2D eigenvalue weighted by Crippen LogP contribution is -2.39. The van der Waals surface area contributed by atoms with Gasteiger partial charge in [-0.05, 0) is 36.6 Å². The first-order chi connectivity index (χ1) is 12.1. The predicted molar refractivity (Wildman–Crippen MR) is 98.5 cm³/mol. The number of anilines is 1. The Morgan fingerprint density at radius 1 is 1.12 bits per heavy atom. The lowest BCUT2D eigenvalue weighted by atomic mass is 10.1. The van der Waals surface area contributed by atoms with Crippen molar-refractivity contribution >= 4 is 23.2 Å². The zero-order valence-corrected chi connectivity index (χ0v) is 14.2. The lowest BCUT2D eigenvalue weighted by molar-refractivity contribution is -0.118. The molecule has 5 nitrogen and oxygen atoms in total. The van der Waals surface area contributed by atoms with E-state index in [4.69, 9.17) is 0 Å². The molecule has 5 heteroatoms. The van der Waals surface area contributed by atoms with Crippen molar-refractivity contribution in [3.63, 3.8) is 0 Å². The summed E-state index contributed by atoms with van der Waals surface area (Å²) in [6, 6.07) is 17.5. The molecule has 0 atom stereocenters. The first-order valence-electron chi connectivity index (χ1n) is 8.43. The average molecular weight is 335 g/mol. The highest BCUT2D eigenvalue weighted by Crippen LogP contribution is 2.21. The van der Waals surface area contributed by atoms with Crippen LogP contribution in [0.5, 0.6) is 0 Å². The summed E-state index contributed by atoms with van der Waals surface area (Å²) >= 11 is 0. The van der Waals surface area contributed by atoms with Gasteiger partial charge in [0, 0.05) is 19.4 Å². The molecule has 0 aromatic heterocycles. The van der Waals surface area contributed by atoms with Crippen LogP contribution in [0.15, 0.2) is 59.7 Å². The van der Waals surface area contributed by atoms with Crippen LogP contribution in [0, 0.1) is 6.92 Å². The Hall–Kier alpha value is -2.95. The molecule has 0 spiro atoms. The Bertz CT molecular complexity index is 800.